The van der Waals surface area contributed by atoms with Crippen molar-refractivity contribution in [1.29, 1.82) is 0 Å². The summed E-state index contributed by atoms with van der Waals surface area (Å²) in [7, 11) is -2.39. The van der Waals surface area contributed by atoms with Crippen LogP contribution >= 0.6 is 0 Å². The number of methoxy groups -OCH3 is 1. The molecule has 3 rings (SSSR count). The molecule has 0 saturated carbocycles. The first-order valence-corrected chi connectivity index (χ1v) is 9.96. The summed E-state index contributed by atoms with van der Waals surface area (Å²) in [6, 6.07) is 12.3. The maximum Gasteiger partial charge on any atom is 0.337 e. The van der Waals surface area contributed by atoms with E-state index in [1.807, 2.05) is 12.1 Å². The van der Waals surface area contributed by atoms with E-state index in [1.54, 1.807) is 37.3 Å². The topological polar surface area (TPSA) is 69.7 Å². The second kappa shape index (κ2) is 7.60. The molecule has 0 heterocycles. The Labute approximate surface area is 154 Å². The molecule has 0 spiro atoms. The van der Waals surface area contributed by atoms with Crippen LogP contribution in [0.15, 0.2) is 47.4 Å². The molecule has 0 aromatic heterocycles. The molecule has 1 aliphatic carbocycles. The Hall–Kier alpha value is -2.18. The van der Waals surface area contributed by atoms with E-state index in [0.717, 1.165) is 30.4 Å². The highest BCUT2D eigenvalue weighted by molar-refractivity contribution is 7.86. The number of esters is 1. The van der Waals surface area contributed by atoms with Crippen molar-refractivity contribution in [1.82, 2.24) is 0 Å². The molecule has 5 nitrogen and oxygen atoms in total. The van der Waals surface area contributed by atoms with Gasteiger partial charge in [-0.2, -0.15) is 8.42 Å². The molecule has 2 aromatic carbocycles. The van der Waals surface area contributed by atoms with Crippen molar-refractivity contribution in [3.05, 3.63) is 64.7 Å². The average Bonchev–Trinajstić information content (AvgIpc) is 2.65. The van der Waals surface area contributed by atoms with E-state index in [0.29, 0.717) is 11.1 Å². The zero-order chi connectivity index (χ0) is 18.7. The van der Waals surface area contributed by atoms with Crippen LogP contribution in [-0.2, 0) is 31.9 Å². The van der Waals surface area contributed by atoms with Gasteiger partial charge in [0.2, 0.25) is 0 Å². The molecule has 2 aromatic rings. The predicted molar refractivity (Wildman–Crippen MR) is 97.6 cm³/mol. The third-order valence-corrected chi connectivity index (χ3v) is 6.22. The lowest BCUT2D eigenvalue weighted by Crippen LogP contribution is -2.22. The van der Waals surface area contributed by atoms with Crippen molar-refractivity contribution in [2.75, 3.05) is 13.7 Å². The largest absolute Gasteiger partial charge is 0.465 e. The summed E-state index contributed by atoms with van der Waals surface area (Å²) < 4.78 is 34.9. The standard InChI is InChI=1S/C20H22O5S/c1-14-5-3-4-6-19(14)26(22,23)25-13-15-7-8-17-12-18(20(21)24-2)10-9-16(17)11-15/h3-6,9-10,12,15H,7-8,11,13H2,1-2H3. The van der Waals surface area contributed by atoms with Crippen molar-refractivity contribution >= 4 is 16.1 Å². The summed E-state index contributed by atoms with van der Waals surface area (Å²) >= 11 is 0. The van der Waals surface area contributed by atoms with Crippen LogP contribution in [0.3, 0.4) is 0 Å². The van der Waals surface area contributed by atoms with Crippen LogP contribution in [0.1, 0.15) is 33.5 Å². The maximum atomic E-state index is 12.4. The number of carbonyl (C=O) groups is 1. The fourth-order valence-corrected chi connectivity index (χ4v) is 4.51. The van der Waals surface area contributed by atoms with Crippen molar-refractivity contribution in [2.24, 2.45) is 5.92 Å². The van der Waals surface area contributed by atoms with Gasteiger partial charge in [0.25, 0.3) is 10.1 Å². The summed E-state index contributed by atoms with van der Waals surface area (Å²) in [6.07, 6.45) is 2.35. The van der Waals surface area contributed by atoms with Gasteiger partial charge < -0.3 is 4.74 Å². The highest BCUT2D eigenvalue weighted by Gasteiger charge is 2.24. The maximum absolute atomic E-state index is 12.4. The molecule has 1 atom stereocenters. The lowest BCUT2D eigenvalue weighted by Gasteiger charge is -2.24. The van der Waals surface area contributed by atoms with Gasteiger partial charge in [-0.15, -0.1) is 0 Å². The van der Waals surface area contributed by atoms with Crippen LogP contribution in [0.4, 0.5) is 0 Å². The fraction of sp³-hybridized carbons (Fsp3) is 0.350. The normalized spacial score (nSPS) is 16.8. The Morgan fingerprint density at radius 2 is 1.92 bits per heavy atom. The minimum absolute atomic E-state index is 0.130. The molecular weight excluding hydrogens is 352 g/mol. The first-order chi connectivity index (χ1) is 12.4. The highest BCUT2D eigenvalue weighted by Crippen LogP contribution is 2.28. The van der Waals surface area contributed by atoms with E-state index in [2.05, 4.69) is 0 Å². The molecule has 0 amide bonds. The Kier molecular flexibility index (Phi) is 5.44. The second-order valence-electron chi connectivity index (χ2n) is 6.59. The van der Waals surface area contributed by atoms with Crippen molar-refractivity contribution in [2.45, 2.75) is 31.1 Å². The number of rotatable bonds is 5. The van der Waals surface area contributed by atoms with E-state index in [4.69, 9.17) is 8.92 Å². The van der Waals surface area contributed by atoms with Crippen LogP contribution in [0.25, 0.3) is 0 Å². The Morgan fingerprint density at radius 3 is 2.65 bits per heavy atom. The molecule has 6 heteroatoms. The zero-order valence-corrected chi connectivity index (χ0v) is 15.7. The first-order valence-electron chi connectivity index (χ1n) is 8.56. The molecule has 26 heavy (non-hydrogen) atoms. The third-order valence-electron chi connectivity index (χ3n) is 4.78. The van der Waals surface area contributed by atoms with Gasteiger partial charge in [0.05, 0.1) is 24.2 Å². The Morgan fingerprint density at radius 1 is 1.15 bits per heavy atom. The molecule has 0 fully saturated rings. The second-order valence-corrected chi connectivity index (χ2v) is 8.17. The number of fused-ring (bicyclic) bond motifs is 1. The molecule has 1 unspecified atom stereocenters. The molecule has 0 radical (unpaired) electrons. The highest BCUT2D eigenvalue weighted by atomic mass is 32.2. The third kappa shape index (κ3) is 3.97. The van der Waals surface area contributed by atoms with E-state index >= 15 is 0 Å². The van der Waals surface area contributed by atoms with Crippen molar-refractivity contribution in [3.63, 3.8) is 0 Å². The quantitative estimate of drug-likeness (QED) is 0.593. The van der Waals surface area contributed by atoms with Crippen LogP contribution in [0.5, 0.6) is 0 Å². The molecular formula is C20H22O5S. The Balaban J connectivity index is 1.67. The van der Waals surface area contributed by atoms with Gasteiger partial charge in [0.15, 0.2) is 0 Å². The number of aryl methyl sites for hydroxylation is 2. The van der Waals surface area contributed by atoms with E-state index in [9.17, 15) is 13.2 Å². The summed E-state index contributed by atoms with van der Waals surface area (Å²) in [5, 5.41) is 0. The van der Waals surface area contributed by atoms with Crippen LogP contribution in [-0.4, -0.2) is 28.1 Å². The fourth-order valence-electron chi connectivity index (χ4n) is 3.30. The van der Waals surface area contributed by atoms with E-state index in [1.165, 1.54) is 7.11 Å². The molecule has 138 valence electrons. The van der Waals surface area contributed by atoms with Gasteiger partial charge >= 0.3 is 5.97 Å². The monoisotopic (exact) mass is 374 g/mol. The Bertz CT molecular complexity index is 918. The van der Waals surface area contributed by atoms with Gasteiger partial charge in [-0.1, -0.05) is 24.3 Å². The van der Waals surface area contributed by atoms with Gasteiger partial charge in [0.1, 0.15) is 0 Å². The minimum atomic E-state index is -3.75. The molecule has 0 bridgehead atoms. The number of hydrogen-bond donors (Lipinski definition) is 0. The first kappa shape index (κ1) is 18.6. The van der Waals surface area contributed by atoms with E-state index < -0.39 is 10.1 Å². The zero-order valence-electron chi connectivity index (χ0n) is 14.9. The molecule has 0 N–H and O–H groups in total. The molecule has 0 aliphatic heterocycles. The van der Waals surface area contributed by atoms with Crippen LogP contribution < -0.4 is 0 Å². The van der Waals surface area contributed by atoms with Gasteiger partial charge in [-0.25, -0.2) is 4.79 Å². The van der Waals surface area contributed by atoms with Crippen molar-refractivity contribution in [3.8, 4) is 0 Å². The number of carbonyl (C=O) groups excluding carboxylic acids is 1. The summed E-state index contributed by atoms with van der Waals surface area (Å²) in [5.41, 5.74) is 3.47. The lowest BCUT2D eigenvalue weighted by molar-refractivity contribution is 0.0600. The smallest absolute Gasteiger partial charge is 0.337 e. The van der Waals surface area contributed by atoms with Gasteiger partial charge in [-0.3, -0.25) is 4.18 Å². The molecule has 1 aliphatic rings. The van der Waals surface area contributed by atoms with Crippen molar-refractivity contribution < 1.29 is 22.1 Å². The molecule has 0 saturated heterocycles. The SMILES string of the molecule is COC(=O)c1ccc2c(c1)CCC(COS(=O)(=O)c1ccccc1C)C2. The summed E-state index contributed by atoms with van der Waals surface area (Å²) in [4.78, 5) is 11.9. The van der Waals surface area contributed by atoms with Crippen LogP contribution in [0.2, 0.25) is 0 Å². The van der Waals surface area contributed by atoms with Gasteiger partial charge in [0, 0.05) is 0 Å². The minimum Gasteiger partial charge on any atom is -0.465 e. The predicted octanol–water partition coefficient (Wildman–Crippen LogP) is 3.29. The number of hydrogen-bond acceptors (Lipinski definition) is 5. The average molecular weight is 374 g/mol. The van der Waals surface area contributed by atoms with Crippen LogP contribution in [0, 0.1) is 12.8 Å². The van der Waals surface area contributed by atoms with E-state index in [-0.39, 0.29) is 23.4 Å². The number of benzene rings is 2. The van der Waals surface area contributed by atoms with Gasteiger partial charge in [-0.05, 0) is 67.0 Å². The summed E-state index contributed by atoms with van der Waals surface area (Å²) in [5.74, 6) is -0.215. The summed E-state index contributed by atoms with van der Waals surface area (Å²) in [6.45, 7) is 1.92. The lowest BCUT2D eigenvalue weighted by atomic mass is 9.83. The number of ether oxygens (including phenoxy) is 1.